The van der Waals surface area contributed by atoms with Gasteiger partial charge in [0.1, 0.15) is 0 Å². The third kappa shape index (κ3) is 5.66. The van der Waals surface area contributed by atoms with Crippen molar-refractivity contribution in [2.45, 2.75) is 59.8 Å². The number of fused-ring (bicyclic) bond motifs is 2. The fourth-order valence-corrected chi connectivity index (χ4v) is 10.8. The Hall–Kier alpha value is -2.31. The van der Waals surface area contributed by atoms with Crippen molar-refractivity contribution in [1.29, 1.82) is 0 Å². The number of rotatable bonds is 8. The van der Waals surface area contributed by atoms with E-state index in [9.17, 15) is 0 Å². The molecule has 3 aliphatic rings. The van der Waals surface area contributed by atoms with E-state index >= 15 is 0 Å². The van der Waals surface area contributed by atoms with Gasteiger partial charge in [-0.05, 0) is 0 Å². The molecule has 0 nitrogen and oxygen atoms in total. The van der Waals surface area contributed by atoms with Crippen molar-refractivity contribution in [2.24, 2.45) is 5.41 Å². The van der Waals surface area contributed by atoms with Gasteiger partial charge in [-0.15, -0.1) is 0 Å². The van der Waals surface area contributed by atoms with Gasteiger partial charge in [-0.25, -0.2) is 0 Å². The zero-order valence-electron chi connectivity index (χ0n) is 25.1. The molecule has 0 N–H and O–H groups in total. The minimum atomic E-state index is -1.26. The first-order valence-electron chi connectivity index (χ1n) is 15.1. The largest absolute Gasteiger partial charge is 1.00 e. The van der Waals surface area contributed by atoms with Gasteiger partial charge in [0.25, 0.3) is 0 Å². The van der Waals surface area contributed by atoms with Gasteiger partial charge in [-0.3, -0.25) is 0 Å². The Labute approximate surface area is 275 Å². The van der Waals surface area contributed by atoms with Gasteiger partial charge >= 0.3 is 253 Å². The molecule has 0 aromatic heterocycles. The van der Waals surface area contributed by atoms with E-state index in [1.807, 2.05) is 0 Å². The fourth-order valence-electron chi connectivity index (χ4n) is 6.89. The van der Waals surface area contributed by atoms with Gasteiger partial charge < -0.3 is 24.8 Å². The van der Waals surface area contributed by atoms with Crippen molar-refractivity contribution in [3.05, 3.63) is 153 Å². The third-order valence-corrected chi connectivity index (χ3v) is 13.1. The van der Waals surface area contributed by atoms with E-state index in [1.165, 1.54) is 43.8 Å². The zero-order valence-corrected chi connectivity index (χ0v) is 29.1. The van der Waals surface area contributed by atoms with Crippen LogP contribution in [0.25, 0.3) is 8.85 Å². The second-order valence-corrected chi connectivity index (χ2v) is 14.2. The third-order valence-electron chi connectivity index (χ3n) is 9.17. The van der Waals surface area contributed by atoms with E-state index in [0.717, 1.165) is 32.1 Å². The van der Waals surface area contributed by atoms with Crippen molar-refractivity contribution in [3.8, 4) is 0 Å². The van der Waals surface area contributed by atoms with Crippen molar-refractivity contribution >= 4 is 12.1 Å². The molecular weight excluding hydrogens is 631 g/mol. The molecule has 0 aliphatic heterocycles. The molecule has 3 aliphatic carbocycles. The summed E-state index contributed by atoms with van der Waals surface area (Å²) in [5.41, 5.74) is 12.1. The van der Waals surface area contributed by atoms with Crippen LogP contribution in [0.2, 0.25) is 0 Å². The molecule has 0 unspecified atom stereocenters. The Bertz CT molecular complexity index is 1690. The van der Waals surface area contributed by atoms with Crippen LogP contribution in [-0.2, 0) is 35.6 Å². The first-order valence-corrected chi connectivity index (χ1v) is 17.6. The second-order valence-electron chi connectivity index (χ2n) is 11.2. The molecule has 3 aromatic carbocycles. The Kier molecular flexibility index (Phi) is 10.9. The minimum Gasteiger partial charge on any atom is -1.00 e. The molecule has 0 heterocycles. The first kappa shape index (κ1) is 32.6. The molecule has 0 atom stereocenters. The number of benzene rings is 3. The van der Waals surface area contributed by atoms with Crippen LogP contribution in [0, 0.1) is 5.41 Å². The Morgan fingerprint density at radius 3 is 1.98 bits per heavy atom. The Balaban J connectivity index is 0.00000202. The number of hydrogen-bond acceptors (Lipinski definition) is 0. The summed E-state index contributed by atoms with van der Waals surface area (Å²) in [4.78, 5) is 0. The predicted molar refractivity (Wildman–Crippen MR) is 168 cm³/mol. The van der Waals surface area contributed by atoms with Crippen LogP contribution < -0.4 is 35.3 Å². The SMILES string of the molecule is CCc1cc(CC)c2c(c1)=[C]([Zr+2]=[C](c1ccccc1)c1ccccc1)C1=C(C3=CC=CC3)C(CC)(CC)C=CC=21.[Cl-].[Cl-]. The topological polar surface area (TPSA) is 0 Å². The van der Waals surface area contributed by atoms with E-state index in [1.54, 1.807) is 17.6 Å². The summed E-state index contributed by atoms with van der Waals surface area (Å²) in [5.74, 6) is 0. The molecule has 42 heavy (non-hydrogen) atoms. The van der Waals surface area contributed by atoms with Crippen LogP contribution in [0.15, 0.2) is 120 Å². The van der Waals surface area contributed by atoms with Gasteiger partial charge in [0, 0.05) is 0 Å². The average Bonchev–Trinajstić information content (AvgIpc) is 3.66. The standard InChI is InChI=1S/C26H29.C13H10.2ClH.Zr/c1-5-18-15-19(6-2)24-21(16-18)17-23-22(24)13-14-26(7-3,8-4)25(23)20-11-9-10-12-20;1-3-7-12(8-4-1)11-13-9-5-2-6-10-13;;;/h9-11,13-16H,5-8,12H2,1-4H3;1-10H;2*1H;/q;;;;+2/p-2. The monoisotopic (exact) mass is 667 g/mol. The maximum absolute atomic E-state index is 2.57. The van der Waals surface area contributed by atoms with Gasteiger partial charge in [0.05, 0.1) is 0 Å². The number of halogens is 2. The zero-order chi connectivity index (χ0) is 27.7. The predicted octanol–water partition coefficient (Wildman–Crippen LogP) is 2.00. The molecular formula is C39H39Cl2Zr. The minimum absolute atomic E-state index is 0. The van der Waals surface area contributed by atoms with Crippen LogP contribution in [-0.4, -0.2) is 3.21 Å². The van der Waals surface area contributed by atoms with Gasteiger partial charge in [-0.1, -0.05) is 0 Å². The van der Waals surface area contributed by atoms with E-state index < -0.39 is 22.8 Å². The molecule has 0 saturated carbocycles. The van der Waals surface area contributed by atoms with Crippen molar-refractivity contribution in [3.63, 3.8) is 0 Å². The van der Waals surface area contributed by atoms with Crippen molar-refractivity contribution < 1.29 is 47.6 Å². The maximum Gasteiger partial charge on any atom is -1.00 e. The number of aryl methyl sites for hydroxylation is 2. The summed E-state index contributed by atoms with van der Waals surface area (Å²) in [6.45, 7) is 9.42. The summed E-state index contributed by atoms with van der Waals surface area (Å²) in [7, 11) is 0. The summed E-state index contributed by atoms with van der Waals surface area (Å²) >= 11 is -1.26. The van der Waals surface area contributed by atoms with E-state index in [0.29, 0.717) is 0 Å². The fraction of sp³-hybridized carbons (Fsp3) is 0.256. The molecule has 0 saturated heterocycles. The molecule has 0 fully saturated rings. The molecule has 6 rings (SSSR count). The van der Waals surface area contributed by atoms with E-state index in [4.69, 9.17) is 0 Å². The van der Waals surface area contributed by atoms with Crippen LogP contribution in [0.4, 0.5) is 0 Å². The smallest absolute Gasteiger partial charge is 1.00 e. The summed E-state index contributed by atoms with van der Waals surface area (Å²) < 4.78 is 3.25. The average molecular weight is 670 g/mol. The van der Waals surface area contributed by atoms with Crippen LogP contribution in [0.1, 0.15) is 69.2 Å². The molecule has 0 amide bonds. The van der Waals surface area contributed by atoms with Crippen molar-refractivity contribution in [1.82, 2.24) is 0 Å². The molecule has 3 heteroatoms. The molecule has 0 radical (unpaired) electrons. The van der Waals surface area contributed by atoms with Gasteiger partial charge in [-0.2, -0.15) is 0 Å². The van der Waals surface area contributed by atoms with E-state index in [-0.39, 0.29) is 30.2 Å². The van der Waals surface area contributed by atoms with Crippen LogP contribution >= 0.6 is 0 Å². The van der Waals surface area contributed by atoms with Gasteiger partial charge in [0.15, 0.2) is 0 Å². The Morgan fingerprint density at radius 1 is 0.810 bits per heavy atom. The van der Waals surface area contributed by atoms with Gasteiger partial charge in [0.2, 0.25) is 0 Å². The number of allylic oxidation sites excluding steroid dienone is 8. The maximum atomic E-state index is 2.57. The quantitative estimate of drug-likeness (QED) is 0.345. The van der Waals surface area contributed by atoms with Crippen molar-refractivity contribution in [2.75, 3.05) is 0 Å². The summed E-state index contributed by atoms with van der Waals surface area (Å²) in [6.07, 6.45) is 17.6. The molecule has 0 bridgehead atoms. The summed E-state index contributed by atoms with van der Waals surface area (Å²) in [5, 5.41) is 3.06. The first-order chi connectivity index (χ1) is 19.6. The van der Waals surface area contributed by atoms with Crippen LogP contribution in [0.5, 0.6) is 0 Å². The van der Waals surface area contributed by atoms with E-state index in [2.05, 4.69) is 131 Å². The molecule has 3 aromatic rings. The number of hydrogen-bond donors (Lipinski definition) is 0. The molecule has 0 spiro atoms. The van der Waals surface area contributed by atoms with Crippen LogP contribution in [0.3, 0.4) is 0 Å². The Morgan fingerprint density at radius 2 is 1.45 bits per heavy atom. The second kappa shape index (κ2) is 14.0. The normalized spacial score (nSPS) is 15.9. The summed E-state index contributed by atoms with van der Waals surface area (Å²) in [6, 6.07) is 27.4. The molecule has 213 valence electrons.